The SMILES string of the molecule is CCc1cc2c(=O)n(C(C)(C)C(=O)O)c(-c3ccc(Cl)cc3)nc2s1. The number of hydrogen-bond donors (Lipinski definition) is 1. The van der Waals surface area contributed by atoms with E-state index in [1.165, 1.54) is 29.8 Å². The highest BCUT2D eigenvalue weighted by Gasteiger charge is 2.34. The summed E-state index contributed by atoms with van der Waals surface area (Å²) in [6.07, 6.45) is 0.791. The van der Waals surface area contributed by atoms with Crippen molar-refractivity contribution in [1.82, 2.24) is 9.55 Å². The normalized spacial score (nSPS) is 11.8. The molecular formula is C18H17ClN2O3S. The van der Waals surface area contributed by atoms with Gasteiger partial charge < -0.3 is 5.11 Å². The van der Waals surface area contributed by atoms with Crippen LogP contribution in [0.1, 0.15) is 25.6 Å². The van der Waals surface area contributed by atoms with E-state index in [1.54, 1.807) is 30.3 Å². The first-order valence-corrected chi connectivity index (χ1v) is 9.00. The molecule has 0 aliphatic carbocycles. The van der Waals surface area contributed by atoms with E-state index in [-0.39, 0.29) is 5.56 Å². The minimum absolute atomic E-state index is 0.325. The third kappa shape index (κ3) is 2.96. The van der Waals surface area contributed by atoms with Crippen molar-refractivity contribution in [3.8, 4) is 11.4 Å². The fraction of sp³-hybridized carbons (Fsp3) is 0.278. The molecule has 3 rings (SSSR count). The molecule has 3 aromatic rings. The third-order valence-electron chi connectivity index (χ3n) is 4.15. The Morgan fingerprint density at radius 3 is 2.52 bits per heavy atom. The number of hydrogen-bond acceptors (Lipinski definition) is 4. The minimum Gasteiger partial charge on any atom is -0.480 e. The minimum atomic E-state index is -1.44. The Hall–Kier alpha value is -2.18. The second kappa shape index (κ2) is 6.28. The quantitative estimate of drug-likeness (QED) is 0.742. The number of fused-ring (bicyclic) bond motifs is 1. The van der Waals surface area contributed by atoms with Crippen LogP contribution in [-0.4, -0.2) is 20.6 Å². The molecule has 1 N–H and O–H groups in total. The maximum Gasteiger partial charge on any atom is 0.329 e. The van der Waals surface area contributed by atoms with Gasteiger partial charge >= 0.3 is 5.97 Å². The summed E-state index contributed by atoms with van der Waals surface area (Å²) in [4.78, 5) is 31.2. The standard InChI is InChI=1S/C18H17ClN2O3S/c1-4-12-9-13-15(25-12)20-14(10-5-7-11(19)8-6-10)21(16(13)22)18(2,3)17(23)24/h5-9H,4H2,1-3H3,(H,23,24). The van der Waals surface area contributed by atoms with E-state index < -0.39 is 11.5 Å². The summed E-state index contributed by atoms with van der Waals surface area (Å²) in [7, 11) is 0. The van der Waals surface area contributed by atoms with E-state index in [2.05, 4.69) is 4.98 Å². The van der Waals surface area contributed by atoms with Crippen LogP contribution in [0, 0.1) is 0 Å². The van der Waals surface area contributed by atoms with Crippen molar-refractivity contribution >= 4 is 39.1 Å². The van der Waals surface area contributed by atoms with Crippen molar-refractivity contribution < 1.29 is 9.90 Å². The number of aryl methyl sites for hydroxylation is 1. The molecule has 0 saturated heterocycles. The molecule has 2 heterocycles. The lowest BCUT2D eigenvalue weighted by atomic mass is 10.0. The van der Waals surface area contributed by atoms with Gasteiger partial charge in [-0.05, 0) is 50.6 Å². The first kappa shape index (κ1) is 17.6. The Balaban J connectivity index is 2.42. The Bertz CT molecular complexity index is 1020. The van der Waals surface area contributed by atoms with Gasteiger partial charge in [-0.3, -0.25) is 9.36 Å². The zero-order valence-electron chi connectivity index (χ0n) is 14.0. The molecule has 0 saturated carbocycles. The molecule has 0 amide bonds. The molecule has 5 nitrogen and oxygen atoms in total. The molecule has 0 aliphatic rings. The monoisotopic (exact) mass is 376 g/mol. The van der Waals surface area contributed by atoms with Gasteiger partial charge in [-0.15, -0.1) is 11.3 Å². The molecular weight excluding hydrogens is 360 g/mol. The largest absolute Gasteiger partial charge is 0.480 e. The highest BCUT2D eigenvalue weighted by Crippen LogP contribution is 2.29. The van der Waals surface area contributed by atoms with Crippen molar-refractivity contribution in [2.45, 2.75) is 32.7 Å². The average molecular weight is 377 g/mol. The molecule has 0 unspecified atom stereocenters. The van der Waals surface area contributed by atoms with Crippen molar-refractivity contribution in [1.29, 1.82) is 0 Å². The van der Waals surface area contributed by atoms with Crippen LogP contribution in [0.2, 0.25) is 5.02 Å². The summed E-state index contributed by atoms with van der Waals surface area (Å²) in [6, 6.07) is 8.65. The molecule has 0 bridgehead atoms. The summed E-state index contributed by atoms with van der Waals surface area (Å²) in [5.74, 6) is -0.775. The molecule has 0 fully saturated rings. The molecule has 0 spiro atoms. The van der Waals surface area contributed by atoms with E-state index >= 15 is 0 Å². The third-order valence-corrected chi connectivity index (χ3v) is 5.57. The number of carboxylic acid groups (broad SMARTS) is 1. The number of carbonyl (C=O) groups is 1. The summed E-state index contributed by atoms with van der Waals surface area (Å²) >= 11 is 7.40. The second-order valence-electron chi connectivity index (χ2n) is 6.23. The van der Waals surface area contributed by atoms with Crippen LogP contribution in [0.15, 0.2) is 35.1 Å². The molecule has 130 valence electrons. The maximum absolute atomic E-state index is 13.1. The zero-order valence-corrected chi connectivity index (χ0v) is 15.6. The topological polar surface area (TPSA) is 72.2 Å². The number of nitrogens with zero attached hydrogens (tertiary/aromatic N) is 2. The lowest BCUT2D eigenvalue weighted by Gasteiger charge is -2.25. The van der Waals surface area contributed by atoms with Crippen molar-refractivity contribution in [3.63, 3.8) is 0 Å². The second-order valence-corrected chi connectivity index (χ2v) is 7.78. The molecule has 1 aromatic carbocycles. The predicted octanol–water partition coefficient (Wildman–Crippen LogP) is 4.16. The molecule has 0 atom stereocenters. The Morgan fingerprint density at radius 1 is 1.32 bits per heavy atom. The highest BCUT2D eigenvalue weighted by molar-refractivity contribution is 7.18. The van der Waals surface area contributed by atoms with Crippen LogP contribution in [0.5, 0.6) is 0 Å². The van der Waals surface area contributed by atoms with Crippen LogP contribution in [0.25, 0.3) is 21.6 Å². The number of aromatic nitrogens is 2. The fourth-order valence-electron chi connectivity index (χ4n) is 2.61. The van der Waals surface area contributed by atoms with Gasteiger partial charge in [0.1, 0.15) is 16.2 Å². The van der Waals surface area contributed by atoms with Gasteiger partial charge in [-0.2, -0.15) is 0 Å². The maximum atomic E-state index is 13.1. The first-order chi connectivity index (χ1) is 11.8. The first-order valence-electron chi connectivity index (χ1n) is 7.81. The molecule has 7 heteroatoms. The molecule has 25 heavy (non-hydrogen) atoms. The Labute approximate surface area is 153 Å². The average Bonchev–Trinajstić information content (AvgIpc) is 2.98. The summed E-state index contributed by atoms with van der Waals surface area (Å²) in [5.41, 5.74) is -1.15. The number of halogens is 1. The van der Waals surface area contributed by atoms with E-state index in [4.69, 9.17) is 11.6 Å². The predicted molar refractivity (Wildman–Crippen MR) is 101 cm³/mol. The van der Waals surface area contributed by atoms with Gasteiger partial charge in [0.05, 0.1) is 5.39 Å². The Kier molecular flexibility index (Phi) is 4.43. The highest BCUT2D eigenvalue weighted by atomic mass is 35.5. The van der Waals surface area contributed by atoms with Crippen LogP contribution in [-0.2, 0) is 16.8 Å². The van der Waals surface area contributed by atoms with Crippen LogP contribution in [0.4, 0.5) is 0 Å². The van der Waals surface area contributed by atoms with Gasteiger partial charge in [0.2, 0.25) is 0 Å². The number of aliphatic carboxylic acids is 1. The van der Waals surface area contributed by atoms with Gasteiger partial charge in [0, 0.05) is 15.5 Å². The summed E-state index contributed by atoms with van der Waals surface area (Å²) in [5, 5.41) is 10.7. The van der Waals surface area contributed by atoms with Crippen LogP contribution in [0.3, 0.4) is 0 Å². The van der Waals surface area contributed by atoms with E-state index in [0.29, 0.717) is 26.6 Å². The van der Waals surface area contributed by atoms with Crippen molar-refractivity contribution in [2.24, 2.45) is 0 Å². The van der Waals surface area contributed by atoms with E-state index in [1.807, 2.05) is 6.92 Å². The zero-order chi connectivity index (χ0) is 18.4. The molecule has 2 aromatic heterocycles. The van der Waals surface area contributed by atoms with E-state index in [9.17, 15) is 14.7 Å². The van der Waals surface area contributed by atoms with Crippen molar-refractivity contribution in [2.75, 3.05) is 0 Å². The van der Waals surface area contributed by atoms with Gasteiger partial charge in [-0.1, -0.05) is 18.5 Å². The summed E-state index contributed by atoms with van der Waals surface area (Å²) < 4.78 is 1.26. The number of benzene rings is 1. The number of carboxylic acids is 1. The molecule has 0 radical (unpaired) electrons. The smallest absolute Gasteiger partial charge is 0.329 e. The molecule has 0 aliphatic heterocycles. The van der Waals surface area contributed by atoms with E-state index in [0.717, 1.165) is 11.3 Å². The van der Waals surface area contributed by atoms with Crippen molar-refractivity contribution in [3.05, 3.63) is 50.6 Å². The van der Waals surface area contributed by atoms with Gasteiger partial charge in [-0.25, -0.2) is 9.78 Å². The Morgan fingerprint density at radius 2 is 1.96 bits per heavy atom. The number of thiophene rings is 1. The fourth-order valence-corrected chi connectivity index (χ4v) is 3.70. The van der Waals surface area contributed by atoms with Crippen LogP contribution < -0.4 is 5.56 Å². The summed E-state index contributed by atoms with van der Waals surface area (Å²) in [6.45, 7) is 5.00. The lowest BCUT2D eigenvalue weighted by Crippen LogP contribution is -2.43. The number of rotatable bonds is 4. The van der Waals surface area contributed by atoms with Crippen LogP contribution >= 0.6 is 22.9 Å². The van der Waals surface area contributed by atoms with Gasteiger partial charge in [0.15, 0.2) is 0 Å². The van der Waals surface area contributed by atoms with Gasteiger partial charge in [0.25, 0.3) is 5.56 Å². The lowest BCUT2D eigenvalue weighted by molar-refractivity contribution is -0.145.